The molecule has 0 atom stereocenters. The molecule has 4 aromatic carbocycles. The number of rotatable bonds is 4. The Morgan fingerprint density at radius 2 is 0.652 bits per heavy atom. The Hall–Kier alpha value is -5.72. The van der Waals surface area contributed by atoms with Crippen molar-refractivity contribution < 1.29 is 8.83 Å². The third-order valence-corrected chi connectivity index (χ3v) is 7.59. The molecule has 2 heterocycles. The van der Waals surface area contributed by atoms with Gasteiger partial charge < -0.3 is 8.83 Å². The normalized spacial score (nSPS) is 11.3. The Morgan fingerprint density at radius 3 is 0.913 bits per heavy atom. The highest BCUT2D eigenvalue weighted by Gasteiger charge is 2.17. The Balaban J connectivity index is 1.07. The third-order valence-electron chi connectivity index (χ3n) is 7.59. The van der Waals surface area contributed by atoms with Crippen molar-refractivity contribution in [1.82, 2.24) is 20.4 Å². The fourth-order valence-electron chi connectivity index (χ4n) is 4.74. The standard InChI is InChI=1S/C40H34N4O2/c1-39(2,3)33-23-19-31(20-24-33)37-43-41-35(45-37)29-15-11-27(12-16-29)9-7-8-10-28-13-17-30(18-14-28)36-42-44-38(46-36)32-21-25-34(26-22-32)40(4,5)6/h11-26H,1-6H3. The van der Waals surface area contributed by atoms with Crippen LogP contribution in [0.3, 0.4) is 0 Å². The van der Waals surface area contributed by atoms with Crippen LogP contribution in [0.1, 0.15) is 63.8 Å². The molecule has 6 heteroatoms. The number of hydrogen-bond acceptors (Lipinski definition) is 6. The van der Waals surface area contributed by atoms with E-state index < -0.39 is 0 Å². The molecule has 0 aliphatic rings. The molecule has 0 N–H and O–H groups in total. The lowest BCUT2D eigenvalue weighted by Crippen LogP contribution is -2.10. The summed E-state index contributed by atoms with van der Waals surface area (Å²) >= 11 is 0. The van der Waals surface area contributed by atoms with Gasteiger partial charge in [0.25, 0.3) is 0 Å². The molecule has 46 heavy (non-hydrogen) atoms. The van der Waals surface area contributed by atoms with Crippen LogP contribution < -0.4 is 0 Å². The maximum atomic E-state index is 5.95. The zero-order chi connectivity index (χ0) is 32.3. The summed E-state index contributed by atoms with van der Waals surface area (Å²) in [7, 11) is 0. The average molecular weight is 603 g/mol. The van der Waals surface area contributed by atoms with Gasteiger partial charge in [0.2, 0.25) is 23.6 Å². The number of hydrogen-bond donors (Lipinski definition) is 0. The highest BCUT2D eigenvalue weighted by Crippen LogP contribution is 2.29. The Morgan fingerprint density at radius 1 is 0.391 bits per heavy atom. The molecular formula is C40H34N4O2. The average Bonchev–Trinajstić information content (AvgIpc) is 3.75. The number of benzene rings is 4. The molecule has 6 nitrogen and oxygen atoms in total. The molecule has 0 aliphatic carbocycles. The van der Waals surface area contributed by atoms with Crippen LogP contribution in [0, 0.1) is 23.7 Å². The van der Waals surface area contributed by atoms with E-state index >= 15 is 0 Å². The van der Waals surface area contributed by atoms with E-state index in [2.05, 4.69) is 110 Å². The van der Waals surface area contributed by atoms with Gasteiger partial charge in [0.15, 0.2) is 0 Å². The minimum absolute atomic E-state index is 0.0864. The van der Waals surface area contributed by atoms with E-state index in [0.29, 0.717) is 23.6 Å². The highest BCUT2D eigenvalue weighted by atomic mass is 16.4. The van der Waals surface area contributed by atoms with E-state index in [1.54, 1.807) is 0 Å². The fourth-order valence-corrected chi connectivity index (χ4v) is 4.74. The molecular weight excluding hydrogens is 568 g/mol. The summed E-state index contributed by atoms with van der Waals surface area (Å²) in [5, 5.41) is 16.9. The highest BCUT2D eigenvalue weighted by molar-refractivity contribution is 5.61. The Labute approximate surface area is 269 Å². The Bertz CT molecular complexity index is 1930. The second-order valence-electron chi connectivity index (χ2n) is 13.1. The van der Waals surface area contributed by atoms with E-state index in [1.807, 2.05) is 72.8 Å². The molecule has 0 saturated carbocycles. The van der Waals surface area contributed by atoms with Crippen molar-refractivity contribution in [1.29, 1.82) is 0 Å². The Kier molecular flexibility index (Phi) is 8.14. The summed E-state index contributed by atoms with van der Waals surface area (Å²) in [6.45, 7) is 13.1. The largest absolute Gasteiger partial charge is 0.416 e. The van der Waals surface area contributed by atoms with Gasteiger partial charge in [0.05, 0.1) is 0 Å². The summed E-state index contributed by atoms with van der Waals surface area (Å²) in [6.07, 6.45) is 0. The number of aromatic nitrogens is 4. The van der Waals surface area contributed by atoms with Crippen molar-refractivity contribution in [3.05, 3.63) is 119 Å². The van der Waals surface area contributed by atoms with Gasteiger partial charge >= 0.3 is 0 Å². The van der Waals surface area contributed by atoms with Gasteiger partial charge in [-0.1, -0.05) is 77.6 Å². The SMILES string of the molecule is CC(C)(C)c1ccc(-c2nnc(-c3ccc(C#CC#Cc4ccc(-c5nnc(-c6ccc(C(C)(C)C)cc6)o5)cc4)cc3)o2)cc1. The van der Waals surface area contributed by atoms with Crippen LogP contribution in [0.25, 0.3) is 45.8 Å². The summed E-state index contributed by atoms with van der Waals surface area (Å²) in [5.41, 5.74) is 7.80. The van der Waals surface area contributed by atoms with Gasteiger partial charge in [-0.05, 0) is 107 Å². The third kappa shape index (κ3) is 6.98. The minimum Gasteiger partial charge on any atom is -0.416 e. The van der Waals surface area contributed by atoms with Crippen LogP contribution in [0.5, 0.6) is 0 Å². The van der Waals surface area contributed by atoms with Crippen LogP contribution in [-0.2, 0) is 10.8 Å². The summed E-state index contributed by atoms with van der Waals surface area (Å²) in [5.74, 6) is 13.9. The van der Waals surface area contributed by atoms with Gasteiger partial charge in [-0.3, -0.25) is 0 Å². The van der Waals surface area contributed by atoms with Crippen LogP contribution >= 0.6 is 0 Å². The topological polar surface area (TPSA) is 77.8 Å². The zero-order valence-electron chi connectivity index (χ0n) is 26.8. The summed E-state index contributed by atoms with van der Waals surface area (Å²) in [4.78, 5) is 0. The molecule has 0 radical (unpaired) electrons. The van der Waals surface area contributed by atoms with Gasteiger partial charge in [0, 0.05) is 33.4 Å². The van der Waals surface area contributed by atoms with Crippen molar-refractivity contribution in [2.24, 2.45) is 0 Å². The van der Waals surface area contributed by atoms with Crippen LogP contribution in [0.15, 0.2) is 106 Å². The summed E-state index contributed by atoms with van der Waals surface area (Å²) < 4.78 is 11.9. The first-order valence-electron chi connectivity index (χ1n) is 15.1. The number of nitrogens with zero attached hydrogens (tertiary/aromatic N) is 4. The first-order chi connectivity index (χ1) is 22.0. The van der Waals surface area contributed by atoms with Gasteiger partial charge in [-0.25, -0.2) is 0 Å². The molecule has 0 saturated heterocycles. The van der Waals surface area contributed by atoms with Crippen molar-refractivity contribution in [2.75, 3.05) is 0 Å². The molecule has 0 spiro atoms. The lowest BCUT2D eigenvalue weighted by atomic mass is 9.87. The maximum Gasteiger partial charge on any atom is 0.248 e. The maximum absolute atomic E-state index is 5.95. The lowest BCUT2D eigenvalue weighted by Gasteiger charge is -2.18. The molecule has 6 aromatic rings. The van der Waals surface area contributed by atoms with E-state index in [1.165, 1.54) is 11.1 Å². The second kappa shape index (κ2) is 12.3. The molecule has 0 fully saturated rings. The smallest absolute Gasteiger partial charge is 0.248 e. The predicted molar refractivity (Wildman–Crippen MR) is 181 cm³/mol. The van der Waals surface area contributed by atoms with E-state index in [4.69, 9.17) is 8.83 Å². The lowest BCUT2D eigenvalue weighted by molar-refractivity contribution is 0.582. The molecule has 226 valence electrons. The molecule has 6 rings (SSSR count). The van der Waals surface area contributed by atoms with E-state index in [9.17, 15) is 0 Å². The molecule has 0 aliphatic heterocycles. The van der Waals surface area contributed by atoms with Gasteiger partial charge in [0.1, 0.15) is 0 Å². The van der Waals surface area contributed by atoms with Crippen molar-refractivity contribution in [3.63, 3.8) is 0 Å². The first kappa shape index (κ1) is 30.3. The van der Waals surface area contributed by atoms with Crippen molar-refractivity contribution in [2.45, 2.75) is 52.4 Å². The minimum atomic E-state index is 0.0864. The fraction of sp³-hybridized carbons (Fsp3) is 0.200. The summed E-state index contributed by atoms with van der Waals surface area (Å²) in [6, 6.07) is 31.8. The van der Waals surface area contributed by atoms with Crippen molar-refractivity contribution in [3.8, 4) is 69.5 Å². The van der Waals surface area contributed by atoms with Gasteiger partial charge in [-0.15, -0.1) is 20.4 Å². The predicted octanol–water partition coefficient (Wildman–Crippen LogP) is 9.12. The van der Waals surface area contributed by atoms with Crippen LogP contribution in [0.2, 0.25) is 0 Å². The monoisotopic (exact) mass is 602 g/mol. The molecule has 0 bridgehead atoms. The van der Waals surface area contributed by atoms with Crippen LogP contribution in [-0.4, -0.2) is 20.4 Å². The molecule has 0 unspecified atom stereocenters. The van der Waals surface area contributed by atoms with Gasteiger partial charge in [-0.2, -0.15) is 0 Å². The van der Waals surface area contributed by atoms with E-state index in [-0.39, 0.29) is 10.8 Å². The van der Waals surface area contributed by atoms with Crippen molar-refractivity contribution >= 4 is 0 Å². The van der Waals surface area contributed by atoms with E-state index in [0.717, 1.165) is 33.4 Å². The zero-order valence-corrected chi connectivity index (χ0v) is 26.8. The molecule has 2 aromatic heterocycles. The first-order valence-corrected chi connectivity index (χ1v) is 15.1. The van der Waals surface area contributed by atoms with Crippen LogP contribution in [0.4, 0.5) is 0 Å². The quantitative estimate of drug-likeness (QED) is 0.187. The molecule has 0 amide bonds. The second-order valence-corrected chi connectivity index (χ2v) is 13.1.